The zero-order chi connectivity index (χ0) is 15.9. The summed E-state index contributed by atoms with van der Waals surface area (Å²) in [6, 6.07) is 10.0. The van der Waals surface area contributed by atoms with Crippen molar-refractivity contribution in [3.8, 4) is 0 Å². The van der Waals surface area contributed by atoms with Crippen molar-refractivity contribution in [3.05, 3.63) is 47.5 Å². The van der Waals surface area contributed by atoms with Gasteiger partial charge in [0.15, 0.2) is 0 Å². The standard InChI is InChI=1S/C5H5.3C4H10N.Zr/c1-2-4-5-3-1;3*1-2-3-4-5;/h1-5H;3*5H,2-4H2,1H3;/q4*-1;+4. The van der Waals surface area contributed by atoms with Gasteiger partial charge in [0.05, 0.1) is 0 Å². The van der Waals surface area contributed by atoms with Crippen molar-refractivity contribution in [2.75, 3.05) is 19.6 Å². The average molecular weight is 373 g/mol. The topological polar surface area (TPSA) is 71.4 Å². The second-order valence-electron chi connectivity index (χ2n) is 4.27. The van der Waals surface area contributed by atoms with Crippen LogP contribution in [0.4, 0.5) is 0 Å². The fourth-order valence-electron chi connectivity index (χ4n) is 0.851. The van der Waals surface area contributed by atoms with Crippen LogP contribution in [0.1, 0.15) is 59.3 Å². The zero-order valence-electron chi connectivity index (χ0n) is 14.3. The van der Waals surface area contributed by atoms with Gasteiger partial charge in [-0.1, -0.05) is 59.3 Å². The molecule has 0 aliphatic rings. The van der Waals surface area contributed by atoms with Gasteiger partial charge in [-0.25, -0.2) is 12.1 Å². The van der Waals surface area contributed by atoms with Crippen molar-refractivity contribution >= 4 is 0 Å². The maximum atomic E-state index is 6.60. The third-order valence-corrected chi connectivity index (χ3v) is 2.15. The van der Waals surface area contributed by atoms with Gasteiger partial charge in [-0.3, -0.25) is 0 Å². The molecule has 0 aromatic heterocycles. The molecule has 0 spiro atoms. The first-order chi connectivity index (χ1) is 9.74. The molecule has 1 rings (SSSR count). The summed E-state index contributed by atoms with van der Waals surface area (Å²) in [4.78, 5) is 0. The maximum absolute atomic E-state index is 6.60. The Morgan fingerprint density at radius 3 is 1.00 bits per heavy atom. The number of nitrogens with one attached hydrogen (secondary N) is 3. The van der Waals surface area contributed by atoms with E-state index in [-0.39, 0.29) is 26.2 Å². The van der Waals surface area contributed by atoms with E-state index in [2.05, 4.69) is 20.8 Å². The van der Waals surface area contributed by atoms with E-state index in [4.69, 9.17) is 17.2 Å². The first-order valence-corrected chi connectivity index (χ1v) is 7.85. The van der Waals surface area contributed by atoms with Gasteiger partial charge >= 0.3 is 26.2 Å². The maximum Gasteiger partial charge on any atom is 4.00 e. The second kappa shape index (κ2) is 36.9. The molecule has 21 heavy (non-hydrogen) atoms. The quantitative estimate of drug-likeness (QED) is 0.486. The Labute approximate surface area is 152 Å². The number of hydrogen-bond donors (Lipinski definition) is 0. The van der Waals surface area contributed by atoms with Gasteiger partial charge in [0.1, 0.15) is 0 Å². The fourth-order valence-corrected chi connectivity index (χ4v) is 0.851. The van der Waals surface area contributed by atoms with Crippen LogP contribution in [0.15, 0.2) is 30.3 Å². The molecule has 3 nitrogen and oxygen atoms in total. The zero-order valence-corrected chi connectivity index (χ0v) is 16.7. The Balaban J connectivity index is -0.0000000903. The van der Waals surface area contributed by atoms with Gasteiger partial charge < -0.3 is 17.2 Å². The van der Waals surface area contributed by atoms with Crippen LogP contribution in [0.25, 0.3) is 17.2 Å². The van der Waals surface area contributed by atoms with Crippen LogP contribution in [0.2, 0.25) is 0 Å². The normalized spacial score (nSPS) is 7.90. The van der Waals surface area contributed by atoms with Gasteiger partial charge in [0.2, 0.25) is 0 Å². The third-order valence-electron chi connectivity index (χ3n) is 2.15. The van der Waals surface area contributed by atoms with E-state index in [1.807, 2.05) is 30.3 Å². The molecule has 0 radical (unpaired) electrons. The molecule has 0 fully saturated rings. The monoisotopic (exact) mass is 371 g/mol. The van der Waals surface area contributed by atoms with Gasteiger partial charge in [0, 0.05) is 0 Å². The Kier molecular flexibility index (Phi) is 51.2. The summed E-state index contributed by atoms with van der Waals surface area (Å²) in [6.07, 6.45) is 6.64. The van der Waals surface area contributed by atoms with Crippen molar-refractivity contribution in [2.24, 2.45) is 0 Å². The minimum Gasteiger partial charge on any atom is -0.677 e. The molecule has 0 amide bonds. The van der Waals surface area contributed by atoms with Crippen LogP contribution >= 0.6 is 0 Å². The SMILES string of the molecule is CCCC[NH-].CCCC[NH-].CCCC[NH-].[Zr+4].c1cc[cH-]c1. The summed E-state index contributed by atoms with van der Waals surface area (Å²) in [6.45, 7) is 8.06. The second-order valence-corrected chi connectivity index (χ2v) is 4.27. The molecule has 0 saturated carbocycles. The molecule has 0 bridgehead atoms. The Hall–Kier alpha value is 0.113. The summed E-state index contributed by atoms with van der Waals surface area (Å²) >= 11 is 0. The molecule has 1 aromatic rings. The molecule has 0 atom stereocenters. The smallest absolute Gasteiger partial charge is 0.677 e. The number of hydrogen-bond acceptors (Lipinski definition) is 0. The van der Waals surface area contributed by atoms with Crippen LogP contribution in [0.5, 0.6) is 0 Å². The van der Waals surface area contributed by atoms with E-state index < -0.39 is 0 Å². The Morgan fingerprint density at radius 2 is 0.952 bits per heavy atom. The van der Waals surface area contributed by atoms with Crippen molar-refractivity contribution in [3.63, 3.8) is 0 Å². The molecule has 0 unspecified atom stereocenters. The summed E-state index contributed by atoms with van der Waals surface area (Å²) in [5, 5.41) is 0. The molecule has 122 valence electrons. The number of rotatable bonds is 6. The van der Waals surface area contributed by atoms with E-state index in [1.165, 1.54) is 0 Å². The number of unbranched alkanes of at least 4 members (excludes halogenated alkanes) is 3. The Morgan fingerprint density at radius 1 is 0.667 bits per heavy atom. The minimum absolute atomic E-state index is 0. The Bertz CT molecular complexity index is 154. The largest absolute Gasteiger partial charge is 4.00 e. The van der Waals surface area contributed by atoms with Crippen LogP contribution < -0.4 is 0 Å². The van der Waals surface area contributed by atoms with Gasteiger partial charge in [-0.05, 0) is 0 Å². The molecular formula is C17H35N3Zr. The molecule has 0 aliphatic carbocycles. The van der Waals surface area contributed by atoms with E-state index in [9.17, 15) is 0 Å². The van der Waals surface area contributed by atoms with Crippen molar-refractivity contribution in [1.82, 2.24) is 0 Å². The van der Waals surface area contributed by atoms with E-state index in [1.54, 1.807) is 0 Å². The first-order valence-electron chi connectivity index (χ1n) is 7.85. The molecule has 4 heteroatoms. The van der Waals surface area contributed by atoms with Crippen molar-refractivity contribution in [2.45, 2.75) is 59.3 Å². The third kappa shape index (κ3) is 53.4. The summed E-state index contributed by atoms with van der Waals surface area (Å²) < 4.78 is 0. The van der Waals surface area contributed by atoms with E-state index in [0.29, 0.717) is 19.6 Å². The molecular weight excluding hydrogens is 337 g/mol. The first kappa shape index (κ1) is 29.2. The van der Waals surface area contributed by atoms with E-state index >= 15 is 0 Å². The predicted molar refractivity (Wildman–Crippen MR) is 94.3 cm³/mol. The molecule has 3 N–H and O–H groups in total. The van der Waals surface area contributed by atoms with Crippen LogP contribution in [0.3, 0.4) is 0 Å². The van der Waals surface area contributed by atoms with E-state index in [0.717, 1.165) is 38.5 Å². The predicted octanol–water partition coefficient (Wildman–Crippen LogP) is 6.92. The average Bonchev–Trinajstić information content (AvgIpc) is 3.02. The molecule has 0 saturated heterocycles. The summed E-state index contributed by atoms with van der Waals surface area (Å²) in [5.41, 5.74) is 19.8. The fraction of sp³-hybridized carbons (Fsp3) is 0.706. The van der Waals surface area contributed by atoms with Crippen LogP contribution in [0, 0.1) is 0 Å². The van der Waals surface area contributed by atoms with Gasteiger partial charge in [-0.2, -0.15) is 37.8 Å². The molecule has 1 aromatic carbocycles. The van der Waals surface area contributed by atoms with Gasteiger partial charge in [0.25, 0.3) is 0 Å². The van der Waals surface area contributed by atoms with Gasteiger partial charge in [-0.15, -0.1) is 0 Å². The minimum atomic E-state index is 0. The van der Waals surface area contributed by atoms with Crippen LogP contribution in [-0.4, -0.2) is 19.6 Å². The van der Waals surface area contributed by atoms with Crippen LogP contribution in [-0.2, 0) is 26.2 Å². The van der Waals surface area contributed by atoms with Crippen molar-refractivity contribution < 1.29 is 26.2 Å². The summed E-state index contributed by atoms with van der Waals surface area (Å²) in [7, 11) is 0. The molecule has 0 aliphatic heterocycles. The molecule has 0 heterocycles. The van der Waals surface area contributed by atoms with Crippen molar-refractivity contribution in [1.29, 1.82) is 0 Å². The summed E-state index contributed by atoms with van der Waals surface area (Å²) in [5.74, 6) is 0.